The first-order valence-electron chi connectivity index (χ1n) is 8.44. The third-order valence-corrected chi connectivity index (χ3v) is 5.22. The fraction of sp³-hybridized carbons (Fsp3) is 0.158. The van der Waals surface area contributed by atoms with Crippen molar-refractivity contribution in [2.24, 2.45) is 0 Å². The lowest BCUT2D eigenvalue weighted by atomic mass is 10.0. The number of imide groups is 1. The van der Waals surface area contributed by atoms with Crippen LogP contribution in [0.15, 0.2) is 42.0 Å². The highest BCUT2D eigenvalue weighted by Crippen LogP contribution is 2.40. The van der Waals surface area contributed by atoms with Crippen LogP contribution < -0.4 is 19.9 Å². The van der Waals surface area contributed by atoms with Crippen molar-refractivity contribution in [2.45, 2.75) is 6.10 Å². The van der Waals surface area contributed by atoms with Gasteiger partial charge in [-0.25, -0.2) is 4.90 Å². The van der Waals surface area contributed by atoms with Gasteiger partial charge in [-0.1, -0.05) is 23.2 Å². The zero-order chi connectivity index (χ0) is 19.4. The number of anilines is 1. The van der Waals surface area contributed by atoms with Gasteiger partial charge in [-0.15, -0.1) is 0 Å². The summed E-state index contributed by atoms with van der Waals surface area (Å²) in [6.45, 7) is 0.853. The predicted molar refractivity (Wildman–Crippen MR) is 101 cm³/mol. The van der Waals surface area contributed by atoms with E-state index < -0.39 is 17.9 Å². The van der Waals surface area contributed by atoms with Crippen molar-refractivity contribution < 1.29 is 23.9 Å². The van der Waals surface area contributed by atoms with E-state index in [1.807, 2.05) is 0 Å². The summed E-state index contributed by atoms with van der Waals surface area (Å²) in [7, 11) is 0. The quantitative estimate of drug-likeness (QED) is 0.755. The fourth-order valence-corrected chi connectivity index (χ4v) is 3.90. The van der Waals surface area contributed by atoms with E-state index in [-0.39, 0.29) is 5.57 Å². The minimum Gasteiger partial charge on any atom is -0.486 e. The van der Waals surface area contributed by atoms with Crippen LogP contribution in [0.5, 0.6) is 11.5 Å². The molecule has 2 aromatic carbocycles. The molecular formula is C19H12Cl2N2O5. The largest absolute Gasteiger partial charge is 0.486 e. The number of ether oxygens (including phenoxy) is 2. The topological polar surface area (TPSA) is 77.1 Å². The van der Waals surface area contributed by atoms with Gasteiger partial charge in [0, 0.05) is 16.7 Å². The minimum atomic E-state index is -1.05. The summed E-state index contributed by atoms with van der Waals surface area (Å²) in [4.78, 5) is 32.4. The number of hydroxylamine groups is 1. The number of amides is 2. The Morgan fingerprint density at radius 1 is 1.00 bits per heavy atom. The molecule has 142 valence electrons. The minimum absolute atomic E-state index is 0.198. The molecule has 0 unspecified atom stereocenters. The number of nitrogens with zero attached hydrogens (tertiary/aromatic N) is 1. The molecule has 0 aliphatic carbocycles. The zero-order valence-corrected chi connectivity index (χ0v) is 15.7. The molecule has 0 spiro atoms. The van der Waals surface area contributed by atoms with Crippen molar-refractivity contribution in [1.29, 1.82) is 0 Å². The van der Waals surface area contributed by atoms with Crippen LogP contribution in [0.4, 0.5) is 5.69 Å². The lowest BCUT2D eigenvalue weighted by molar-refractivity contribution is -0.127. The molecule has 0 aromatic heterocycles. The molecule has 3 aliphatic heterocycles. The van der Waals surface area contributed by atoms with Crippen LogP contribution in [0.25, 0.3) is 5.70 Å². The van der Waals surface area contributed by atoms with Gasteiger partial charge in [0.2, 0.25) is 0 Å². The van der Waals surface area contributed by atoms with Crippen LogP contribution in [0, 0.1) is 0 Å². The fourth-order valence-electron chi connectivity index (χ4n) is 3.40. The molecule has 0 saturated carbocycles. The van der Waals surface area contributed by atoms with E-state index >= 15 is 0 Å². The number of hydrogen-bond donors (Lipinski definition) is 1. The molecule has 1 atom stereocenters. The lowest BCUT2D eigenvalue weighted by Gasteiger charge is -2.21. The van der Waals surface area contributed by atoms with E-state index in [2.05, 4.69) is 5.48 Å². The third kappa shape index (κ3) is 2.55. The Bertz CT molecular complexity index is 1070. The molecule has 1 saturated heterocycles. The predicted octanol–water partition coefficient (Wildman–Crippen LogP) is 2.95. The second-order valence-electron chi connectivity index (χ2n) is 6.32. The second-order valence-corrected chi connectivity index (χ2v) is 7.16. The number of fused-ring (bicyclic) bond motifs is 2. The third-order valence-electron chi connectivity index (χ3n) is 4.67. The Balaban J connectivity index is 1.57. The van der Waals surface area contributed by atoms with Crippen LogP contribution in [0.2, 0.25) is 10.0 Å². The van der Waals surface area contributed by atoms with Crippen molar-refractivity contribution in [3.05, 3.63) is 57.6 Å². The van der Waals surface area contributed by atoms with Gasteiger partial charge in [0.05, 0.1) is 22.0 Å². The highest BCUT2D eigenvalue weighted by molar-refractivity contribution is 6.37. The first-order chi connectivity index (χ1) is 13.5. The second kappa shape index (κ2) is 6.41. The Morgan fingerprint density at radius 2 is 1.79 bits per heavy atom. The Hall–Kier alpha value is -2.74. The lowest BCUT2D eigenvalue weighted by Crippen LogP contribution is -2.34. The van der Waals surface area contributed by atoms with Gasteiger partial charge < -0.3 is 9.47 Å². The molecule has 9 heteroatoms. The van der Waals surface area contributed by atoms with Gasteiger partial charge in [-0.05, 0) is 30.3 Å². The average Bonchev–Trinajstić information content (AvgIpc) is 3.22. The molecule has 1 fully saturated rings. The molecular weight excluding hydrogens is 407 g/mol. The zero-order valence-electron chi connectivity index (χ0n) is 14.2. The maximum absolute atomic E-state index is 13.1. The smallest absolute Gasteiger partial charge is 0.270 e. The summed E-state index contributed by atoms with van der Waals surface area (Å²) in [6.07, 6.45) is -1.05. The number of halogens is 2. The van der Waals surface area contributed by atoms with Crippen LogP contribution in [0.1, 0.15) is 5.56 Å². The maximum Gasteiger partial charge on any atom is 0.270 e. The van der Waals surface area contributed by atoms with Crippen molar-refractivity contribution >= 4 is 46.4 Å². The summed E-state index contributed by atoms with van der Waals surface area (Å²) in [5.74, 6) is 0.0671. The van der Waals surface area contributed by atoms with Crippen molar-refractivity contribution in [3.8, 4) is 11.5 Å². The van der Waals surface area contributed by atoms with Gasteiger partial charge in [0.15, 0.2) is 17.6 Å². The number of rotatable bonds is 2. The van der Waals surface area contributed by atoms with Gasteiger partial charge in [-0.3, -0.25) is 19.9 Å². The van der Waals surface area contributed by atoms with Crippen LogP contribution in [0.3, 0.4) is 0 Å². The van der Waals surface area contributed by atoms with Gasteiger partial charge in [0.1, 0.15) is 13.2 Å². The molecule has 3 heterocycles. The number of nitrogens with one attached hydrogen (secondary N) is 1. The average molecular weight is 419 g/mol. The molecule has 2 aromatic rings. The highest BCUT2D eigenvalue weighted by atomic mass is 35.5. The van der Waals surface area contributed by atoms with Crippen molar-refractivity contribution in [3.63, 3.8) is 0 Å². The van der Waals surface area contributed by atoms with Crippen LogP contribution in [-0.4, -0.2) is 31.1 Å². The standard InChI is InChI=1S/C19H12Cl2N2O5/c20-9-1-3-11(12(21)7-9)16-15-17(28-22-16)19(25)23(18(15)24)10-2-4-13-14(8-10)27-6-5-26-13/h1-4,7-8,17,22H,5-6H2/t17-/m1/s1. The normalized spacial score (nSPS) is 20.5. The van der Waals surface area contributed by atoms with E-state index in [4.69, 9.17) is 37.5 Å². The molecule has 0 radical (unpaired) electrons. The van der Waals surface area contributed by atoms with E-state index in [1.54, 1.807) is 36.4 Å². The number of hydrogen-bond acceptors (Lipinski definition) is 6. The number of carbonyl (C=O) groups is 2. The Morgan fingerprint density at radius 3 is 2.57 bits per heavy atom. The summed E-state index contributed by atoms with van der Waals surface area (Å²) in [5, 5.41) is 0.798. The highest BCUT2D eigenvalue weighted by Gasteiger charge is 2.51. The van der Waals surface area contributed by atoms with Crippen molar-refractivity contribution in [1.82, 2.24) is 5.48 Å². The van der Waals surface area contributed by atoms with Gasteiger partial charge in [0.25, 0.3) is 11.8 Å². The van der Waals surface area contributed by atoms with Gasteiger partial charge >= 0.3 is 0 Å². The first-order valence-corrected chi connectivity index (χ1v) is 9.19. The molecule has 1 N–H and O–H groups in total. The summed E-state index contributed by atoms with van der Waals surface area (Å²) >= 11 is 12.2. The number of benzene rings is 2. The van der Waals surface area contributed by atoms with E-state index in [0.29, 0.717) is 51.7 Å². The van der Waals surface area contributed by atoms with Crippen LogP contribution >= 0.6 is 23.2 Å². The van der Waals surface area contributed by atoms with E-state index in [0.717, 1.165) is 4.90 Å². The Labute approximate surface area is 169 Å². The molecule has 28 heavy (non-hydrogen) atoms. The first kappa shape index (κ1) is 17.4. The maximum atomic E-state index is 13.1. The van der Waals surface area contributed by atoms with Crippen molar-refractivity contribution in [2.75, 3.05) is 18.1 Å². The molecule has 0 bridgehead atoms. The van der Waals surface area contributed by atoms with E-state index in [1.165, 1.54) is 0 Å². The van der Waals surface area contributed by atoms with E-state index in [9.17, 15) is 9.59 Å². The summed E-state index contributed by atoms with van der Waals surface area (Å²) in [6, 6.07) is 9.77. The van der Waals surface area contributed by atoms with Crippen LogP contribution in [-0.2, 0) is 14.4 Å². The molecule has 3 aliphatic rings. The molecule has 7 nitrogen and oxygen atoms in total. The summed E-state index contributed by atoms with van der Waals surface area (Å²) < 4.78 is 11.0. The summed E-state index contributed by atoms with van der Waals surface area (Å²) in [5.41, 5.74) is 4.11. The Kier molecular flexibility index (Phi) is 3.97. The molecule has 2 amide bonds. The number of carbonyl (C=O) groups excluding carboxylic acids is 2. The SMILES string of the molecule is O=C1C2=C(c3ccc(Cl)cc3Cl)NO[C@H]2C(=O)N1c1ccc2c(c1)OCCO2. The molecule has 5 rings (SSSR count). The monoisotopic (exact) mass is 418 g/mol. The van der Waals surface area contributed by atoms with Gasteiger partial charge in [-0.2, -0.15) is 0 Å².